The van der Waals surface area contributed by atoms with Crippen LogP contribution in [0, 0.1) is 0 Å². The Balaban J connectivity index is 1.59. The van der Waals surface area contributed by atoms with Crippen LogP contribution >= 0.6 is 12.2 Å². The Morgan fingerprint density at radius 3 is 2.71 bits per heavy atom. The molecule has 2 rings (SSSR count). The van der Waals surface area contributed by atoms with Gasteiger partial charge in [0.1, 0.15) is 0 Å². The normalized spacial score (nSPS) is 26.5. The molecule has 4 nitrogen and oxygen atoms in total. The summed E-state index contributed by atoms with van der Waals surface area (Å²) in [7, 11) is 0. The van der Waals surface area contributed by atoms with Crippen molar-refractivity contribution in [3.8, 4) is 0 Å². The lowest BCUT2D eigenvalue weighted by molar-refractivity contribution is -0.0850. The first-order valence-electron chi connectivity index (χ1n) is 6.58. The standard InChI is InChI=1S/C12H22N2O2S/c17-12(14-10-4-2-1-3-5-10)13-8-11-9-15-6-7-16-11/h10-11H,1-9H2,(H2,13,14,17). The largest absolute Gasteiger partial charge is 0.376 e. The molecule has 0 aromatic carbocycles. The summed E-state index contributed by atoms with van der Waals surface area (Å²) in [6, 6.07) is 0.562. The zero-order valence-electron chi connectivity index (χ0n) is 10.2. The second-order valence-electron chi connectivity index (χ2n) is 4.76. The van der Waals surface area contributed by atoms with E-state index in [1.54, 1.807) is 0 Å². The predicted molar refractivity (Wildman–Crippen MR) is 71.2 cm³/mol. The third-order valence-corrected chi connectivity index (χ3v) is 3.58. The molecular weight excluding hydrogens is 236 g/mol. The molecule has 1 saturated carbocycles. The summed E-state index contributed by atoms with van der Waals surface area (Å²) in [5.41, 5.74) is 0. The summed E-state index contributed by atoms with van der Waals surface area (Å²) in [6.45, 7) is 2.80. The molecule has 2 aliphatic rings. The van der Waals surface area contributed by atoms with E-state index in [9.17, 15) is 0 Å². The second-order valence-corrected chi connectivity index (χ2v) is 5.17. The van der Waals surface area contributed by atoms with Crippen molar-refractivity contribution in [3.05, 3.63) is 0 Å². The smallest absolute Gasteiger partial charge is 0.166 e. The molecule has 0 amide bonds. The monoisotopic (exact) mass is 258 g/mol. The number of hydrogen-bond acceptors (Lipinski definition) is 3. The van der Waals surface area contributed by atoms with Crippen molar-refractivity contribution in [2.24, 2.45) is 0 Å². The fraction of sp³-hybridized carbons (Fsp3) is 0.917. The quantitative estimate of drug-likeness (QED) is 0.745. The van der Waals surface area contributed by atoms with E-state index in [1.165, 1.54) is 32.1 Å². The molecule has 1 heterocycles. The molecule has 2 fully saturated rings. The van der Waals surface area contributed by atoms with Crippen LogP contribution in [0.25, 0.3) is 0 Å². The minimum atomic E-state index is 0.134. The van der Waals surface area contributed by atoms with Crippen LogP contribution in [-0.2, 0) is 9.47 Å². The minimum absolute atomic E-state index is 0.134. The lowest BCUT2D eigenvalue weighted by Crippen LogP contribution is -2.47. The van der Waals surface area contributed by atoms with E-state index in [0.29, 0.717) is 25.9 Å². The van der Waals surface area contributed by atoms with Crippen LogP contribution in [-0.4, -0.2) is 43.6 Å². The minimum Gasteiger partial charge on any atom is -0.376 e. The fourth-order valence-corrected chi connectivity index (χ4v) is 2.59. The average molecular weight is 258 g/mol. The Hall–Kier alpha value is -0.390. The molecular formula is C12H22N2O2S. The van der Waals surface area contributed by atoms with Crippen molar-refractivity contribution in [2.45, 2.75) is 44.2 Å². The summed E-state index contributed by atoms with van der Waals surface area (Å²) in [4.78, 5) is 0. The first-order chi connectivity index (χ1) is 8.34. The highest BCUT2D eigenvalue weighted by Gasteiger charge is 2.16. The van der Waals surface area contributed by atoms with Gasteiger partial charge >= 0.3 is 0 Å². The summed E-state index contributed by atoms with van der Waals surface area (Å²) in [6.07, 6.45) is 6.62. The van der Waals surface area contributed by atoms with Gasteiger partial charge in [0, 0.05) is 12.6 Å². The van der Waals surface area contributed by atoms with E-state index in [-0.39, 0.29) is 6.10 Å². The van der Waals surface area contributed by atoms with E-state index >= 15 is 0 Å². The molecule has 2 N–H and O–H groups in total. The van der Waals surface area contributed by atoms with Crippen LogP contribution in [0.4, 0.5) is 0 Å². The van der Waals surface area contributed by atoms with Gasteiger partial charge in [-0.25, -0.2) is 0 Å². The fourth-order valence-electron chi connectivity index (χ4n) is 2.34. The summed E-state index contributed by atoms with van der Waals surface area (Å²) < 4.78 is 10.9. The molecule has 1 unspecified atom stereocenters. The van der Waals surface area contributed by atoms with Crippen LogP contribution in [0.2, 0.25) is 0 Å². The van der Waals surface area contributed by atoms with E-state index in [2.05, 4.69) is 10.6 Å². The number of rotatable bonds is 3. The summed E-state index contributed by atoms with van der Waals surface area (Å²) in [5, 5.41) is 7.35. The van der Waals surface area contributed by atoms with Gasteiger partial charge in [-0.1, -0.05) is 19.3 Å². The highest BCUT2D eigenvalue weighted by Crippen LogP contribution is 2.17. The highest BCUT2D eigenvalue weighted by molar-refractivity contribution is 7.80. The molecule has 1 atom stereocenters. The van der Waals surface area contributed by atoms with Gasteiger partial charge in [-0.15, -0.1) is 0 Å². The zero-order chi connectivity index (χ0) is 11.9. The Morgan fingerprint density at radius 1 is 1.18 bits per heavy atom. The van der Waals surface area contributed by atoms with Gasteiger partial charge in [0.2, 0.25) is 0 Å². The number of thiocarbonyl (C=S) groups is 1. The van der Waals surface area contributed by atoms with E-state index in [0.717, 1.165) is 11.7 Å². The lowest BCUT2D eigenvalue weighted by Gasteiger charge is -2.26. The van der Waals surface area contributed by atoms with Gasteiger partial charge in [-0.3, -0.25) is 0 Å². The van der Waals surface area contributed by atoms with Gasteiger partial charge in [0.15, 0.2) is 5.11 Å². The third kappa shape index (κ3) is 4.77. The predicted octanol–water partition coefficient (Wildman–Crippen LogP) is 1.20. The summed E-state index contributed by atoms with van der Waals surface area (Å²) in [5.74, 6) is 0. The molecule has 5 heteroatoms. The lowest BCUT2D eigenvalue weighted by atomic mass is 9.96. The average Bonchev–Trinajstić information content (AvgIpc) is 2.39. The van der Waals surface area contributed by atoms with Gasteiger partial charge in [0.25, 0.3) is 0 Å². The molecule has 0 spiro atoms. The van der Waals surface area contributed by atoms with Crippen molar-refractivity contribution in [3.63, 3.8) is 0 Å². The SMILES string of the molecule is S=C(NCC1COCCO1)NC1CCCCC1. The topological polar surface area (TPSA) is 42.5 Å². The van der Waals surface area contributed by atoms with Gasteiger partial charge in [0.05, 0.1) is 25.9 Å². The molecule has 0 aromatic rings. The molecule has 0 aromatic heterocycles. The molecule has 0 bridgehead atoms. The number of hydrogen-bond donors (Lipinski definition) is 2. The number of ether oxygens (including phenoxy) is 2. The van der Waals surface area contributed by atoms with Gasteiger partial charge in [-0.05, 0) is 25.1 Å². The van der Waals surface area contributed by atoms with Crippen LogP contribution < -0.4 is 10.6 Å². The van der Waals surface area contributed by atoms with E-state index in [4.69, 9.17) is 21.7 Å². The molecule has 17 heavy (non-hydrogen) atoms. The van der Waals surface area contributed by atoms with Crippen molar-refractivity contribution < 1.29 is 9.47 Å². The van der Waals surface area contributed by atoms with Gasteiger partial charge < -0.3 is 20.1 Å². The third-order valence-electron chi connectivity index (χ3n) is 3.32. The molecule has 1 saturated heterocycles. The zero-order valence-corrected chi connectivity index (χ0v) is 11.1. The second kappa shape index (κ2) is 7.13. The highest BCUT2D eigenvalue weighted by atomic mass is 32.1. The van der Waals surface area contributed by atoms with Gasteiger partial charge in [-0.2, -0.15) is 0 Å². The first kappa shape index (κ1) is 13.1. The molecule has 98 valence electrons. The maximum absolute atomic E-state index is 5.54. The molecule has 0 radical (unpaired) electrons. The Labute approximate surface area is 108 Å². The number of nitrogens with one attached hydrogen (secondary N) is 2. The van der Waals surface area contributed by atoms with Crippen LogP contribution in [0.3, 0.4) is 0 Å². The first-order valence-corrected chi connectivity index (χ1v) is 6.99. The van der Waals surface area contributed by atoms with Crippen molar-refractivity contribution in [2.75, 3.05) is 26.4 Å². The van der Waals surface area contributed by atoms with Crippen LogP contribution in [0.1, 0.15) is 32.1 Å². The van der Waals surface area contributed by atoms with Crippen LogP contribution in [0.5, 0.6) is 0 Å². The molecule has 1 aliphatic carbocycles. The maximum atomic E-state index is 5.54. The van der Waals surface area contributed by atoms with Crippen molar-refractivity contribution in [1.82, 2.24) is 10.6 Å². The van der Waals surface area contributed by atoms with E-state index < -0.39 is 0 Å². The van der Waals surface area contributed by atoms with E-state index in [1.807, 2.05) is 0 Å². The van der Waals surface area contributed by atoms with Crippen molar-refractivity contribution >= 4 is 17.3 Å². The summed E-state index contributed by atoms with van der Waals surface area (Å²) >= 11 is 5.28. The Kier molecular flexibility index (Phi) is 5.48. The Bertz CT molecular complexity index is 239. The van der Waals surface area contributed by atoms with Crippen molar-refractivity contribution in [1.29, 1.82) is 0 Å². The Morgan fingerprint density at radius 2 is 2.00 bits per heavy atom. The van der Waals surface area contributed by atoms with Crippen LogP contribution in [0.15, 0.2) is 0 Å². The maximum Gasteiger partial charge on any atom is 0.166 e. The molecule has 1 aliphatic heterocycles.